The fourth-order valence-electron chi connectivity index (χ4n) is 1.87. The first-order valence-electron chi connectivity index (χ1n) is 6.08. The van der Waals surface area contributed by atoms with Gasteiger partial charge in [0.15, 0.2) is 5.82 Å². The number of benzene rings is 1. The van der Waals surface area contributed by atoms with Crippen LogP contribution in [0.1, 0.15) is 10.4 Å². The van der Waals surface area contributed by atoms with Crippen molar-refractivity contribution in [2.24, 2.45) is 7.05 Å². The molecule has 0 atom stereocenters. The minimum Gasteiger partial charge on any atom is -0.478 e. The van der Waals surface area contributed by atoms with E-state index in [0.29, 0.717) is 11.0 Å². The summed E-state index contributed by atoms with van der Waals surface area (Å²) in [6.07, 6.45) is 1.79. The second-order valence-electron chi connectivity index (χ2n) is 4.39. The third kappa shape index (κ3) is 2.96. The van der Waals surface area contributed by atoms with Gasteiger partial charge in [0.1, 0.15) is 17.2 Å². The number of hydrogen-bond donors (Lipinski definition) is 2. The lowest BCUT2D eigenvalue weighted by Gasteiger charge is -2.15. The number of carboxylic acid groups (broad SMARTS) is 1. The summed E-state index contributed by atoms with van der Waals surface area (Å²) < 4.78 is 28.2. The Hall–Kier alpha value is -2.35. The number of rotatable bonds is 4. The highest BCUT2D eigenvalue weighted by atomic mass is 32.2. The maximum atomic E-state index is 14.0. The number of halogens is 2. The Morgan fingerprint density at radius 1 is 1.27 bits per heavy atom. The van der Waals surface area contributed by atoms with E-state index in [4.69, 9.17) is 5.11 Å². The first-order valence-corrected chi connectivity index (χ1v) is 7.31. The molecule has 8 heteroatoms. The van der Waals surface area contributed by atoms with Crippen LogP contribution < -0.4 is 10.9 Å². The van der Waals surface area contributed by atoms with E-state index in [0.717, 1.165) is 4.57 Å². The zero-order chi connectivity index (χ0) is 16.4. The molecule has 2 rings (SSSR count). The molecule has 1 aromatic carbocycles. The van der Waals surface area contributed by atoms with E-state index in [2.05, 4.69) is 5.32 Å². The fraction of sp³-hybridized carbons (Fsp3) is 0.143. The molecule has 0 fully saturated rings. The molecule has 0 spiro atoms. The van der Waals surface area contributed by atoms with E-state index in [1.54, 1.807) is 12.3 Å². The Balaban J connectivity index is 2.56. The van der Waals surface area contributed by atoms with Gasteiger partial charge in [-0.3, -0.25) is 9.36 Å². The Morgan fingerprint density at radius 3 is 2.50 bits per heavy atom. The summed E-state index contributed by atoms with van der Waals surface area (Å²) in [6, 6.07) is 4.94. The van der Waals surface area contributed by atoms with Crippen LogP contribution in [0, 0.1) is 11.6 Å². The van der Waals surface area contributed by atoms with Gasteiger partial charge in [-0.25, -0.2) is 13.6 Å². The molecule has 0 radical (unpaired) electrons. The monoisotopic (exact) mass is 326 g/mol. The first-order chi connectivity index (χ1) is 10.3. The minimum absolute atomic E-state index is 0.0121. The van der Waals surface area contributed by atoms with Crippen molar-refractivity contribution < 1.29 is 18.7 Å². The van der Waals surface area contributed by atoms with E-state index < -0.39 is 28.7 Å². The summed E-state index contributed by atoms with van der Waals surface area (Å²) in [6.45, 7) is 0. The zero-order valence-corrected chi connectivity index (χ0v) is 12.5. The Labute approximate surface area is 128 Å². The predicted molar refractivity (Wildman–Crippen MR) is 80.1 cm³/mol. The van der Waals surface area contributed by atoms with Gasteiger partial charge < -0.3 is 10.4 Å². The van der Waals surface area contributed by atoms with Gasteiger partial charge in [-0.2, -0.15) is 0 Å². The average molecular weight is 326 g/mol. The number of thioether (sulfide) groups is 1. The van der Waals surface area contributed by atoms with Crippen molar-refractivity contribution in [3.63, 3.8) is 0 Å². The summed E-state index contributed by atoms with van der Waals surface area (Å²) in [5, 5.41) is 11.7. The molecule has 0 saturated heterocycles. The number of pyridine rings is 1. The topological polar surface area (TPSA) is 71.3 Å². The summed E-state index contributed by atoms with van der Waals surface area (Å²) in [5.41, 5.74) is -1.48. The van der Waals surface area contributed by atoms with Gasteiger partial charge in [-0.05, 0) is 30.5 Å². The number of hydrogen-bond acceptors (Lipinski definition) is 4. The second kappa shape index (κ2) is 6.18. The van der Waals surface area contributed by atoms with Gasteiger partial charge in [0.25, 0.3) is 5.56 Å². The Kier molecular flexibility index (Phi) is 4.51. The standard InChI is InChI=1S/C14H12F2N2O3S/c1-18-12(8(14(20)21)6-10(16)13(18)19)17-11-4-3-7(22-2)5-9(11)15/h3-6,17H,1-2H3,(H,20,21). The van der Waals surface area contributed by atoms with Gasteiger partial charge in [0, 0.05) is 11.9 Å². The van der Waals surface area contributed by atoms with E-state index in [9.17, 15) is 18.4 Å². The van der Waals surface area contributed by atoms with Crippen LogP contribution in [0.25, 0.3) is 0 Å². The number of aromatic nitrogens is 1. The van der Waals surface area contributed by atoms with Crippen LogP contribution in [0.2, 0.25) is 0 Å². The molecule has 5 nitrogen and oxygen atoms in total. The molecule has 0 aliphatic heterocycles. The van der Waals surface area contributed by atoms with Crippen LogP contribution >= 0.6 is 11.8 Å². The molecule has 1 heterocycles. The SMILES string of the molecule is CSc1ccc(Nc2c(C(=O)O)cc(F)c(=O)n2C)c(F)c1. The number of carbonyl (C=O) groups is 1. The fourth-order valence-corrected chi connectivity index (χ4v) is 2.29. The molecular formula is C14H12F2N2O3S. The minimum atomic E-state index is -1.43. The van der Waals surface area contributed by atoms with Crippen LogP contribution in [0.3, 0.4) is 0 Å². The molecule has 2 N–H and O–H groups in total. The molecule has 2 aromatic rings. The summed E-state index contributed by atoms with van der Waals surface area (Å²) in [4.78, 5) is 23.5. The third-order valence-corrected chi connectivity index (χ3v) is 3.76. The maximum absolute atomic E-state index is 14.0. The lowest BCUT2D eigenvalue weighted by Crippen LogP contribution is -2.25. The van der Waals surface area contributed by atoms with E-state index in [1.807, 2.05) is 0 Å². The van der Waals surface area contributed by atoms with E-state index in [1.165, 1.54) is 30.9 Å². The van der Waals surface area contributed by atoms with E-state index >= 15 is 0 Å². The molecule has 116 valence electrons. The molecule has 0 bridgehead atoms. The van der Waals surface area contributed by atoms with Gasteiger partial charge in [-0.15, -0.1) is 11.8 Å². The molecule has 0 aliphatic rings. The third-order valence-electron chi connectivity index (χ3n) is 3.03. The predicted octanol–water partition coefficient (Wildman–Crippen LogP) is 2.83. The highest BCUT2D eigenvalue weighted by Gasteiger charge is 2.19. The van der Waals surface area contributed by atoms with Gasteiger partial charge in [0.05, 0.1) is 5.69 Å². The molecule has 0 aliphatic carbocycles. The smallest absolute Gasteiger partial charge is 0.339 e. The highest BCUT2D eigenvalue weighted by molar-refractivity contribution is 7.98. The molecule has 0 unspecified atom stereocenters. The molecular weight excluding hydrogens is 314 g/mol. The number of aromatic carboxylic acids is 1. The molecule has 0 saturated carbocycles. The first kappa shape index (κ1) is 16.0. The molecule has 22 heavy (non-hydrogen) atoms. The summed E-state index contributed by atoms with van der Waals surface area (Å²) in [5.74, 6) is -3.43. The van der Waals surface area contributed by atoms with Crippen molar-refractivity contribution in [1.29, 1.82) is 0 Å². The van der Waals surface area contributed by atoms with Crippen molar-refractivity contribution >= 4 is 29.2 Å². The molecule has 0 amide bonds. The lowest BCUT2D eigenvalue weighted by molar-refractivity contribution is 0.0696. The van der Waals surface area contributed by atoms with Gasteiger partial charge in [0.2, 0.25) is 0 Å². The summed E-state index contributed by atoms with van der Waals surface area (Å²) in [7, 11) is 1.20. The lowest BCUT2D eigenvalue weighted by atomic mass is 10.2. The Bertz CT molecular complexity index is 805. The van der Waals surface area contributed by atoms with Crippen LogP contribution in [0.4, 0.5) is 20.3 Å². The van der Waals surface area contributed by atoms with Crippen molar-refractivity contribution in [2.45, 2.75) is 4.90 Å². The number of nitrogens with zero attached hydrogens (tertiary/aromatic N) is 1. The van der Waals surface area contributed by atoms with Crippen molar-refractivity contribution in [2.75, 3.05) is 11.6 Å². The van der Waals surface area contributed by atoms with Crippen LogP contribution in [-0.4, -0.2) is 21.9 Å². The van der Waals surface area contributed by atoms with Crippen LogP contribution in [0.15, 0.2) is 34.0 Å². The quantitative estimate of drug-likeness (QED) is 0.846. The molecule has 1 aromatic heterocycles. The van der Waals surface area contributed by atoms with Crippen molar-refractivity contribution in [3.8, 4) is 0 Å². The maximum Gasteiger partial charge on any atom is 0.339 e. The summed E-state index contributed by atoms with van der Waals surface area (Å²) >= 11 is 1.35. The van der Waals surface area contributed by atoms with Crippen molar-refractivity contribution in [3.05, 3.63) is 51.8 Å². The van der Waals surface area contributed by atoms with Gasteiger partial charge >= 0.3 is 5.97 Å². The zero-order valence-electron chi connectivity index (χ0n) is 11.7. The van der Waals surface area contributed by atoms with E-state index in [-0.39, 0.29) is 11.5 Å². The van der Waals surface area contributed by atoms with Crippen LogP contribution in [0.5, 0.6) is 0 Å². The normalized spacial score (nSPS) is 10.5. The number of nitrogens with one attached hydrogen (secondary N) is 1. The number of anilines is 2. The number of carboxylic acids is 1. The second-order valence-corrected chi connectivity index (χ2v) is 5.27. The van der Waals surface area contributed by atoms with Crippen LogP contribution in [-0.2, 0) is 7.05 Å². The largest absolute Gasteiger partial charge is 0.478 e. The van der Waals surface area contributed by atoms with Gasteiger partial charge in [-0.1, -0.05) is 0 Å². The Morgan fingerprint density at radius 2 is 1.95 bits per heavy atom. The van der Waals surface area contributed by atoms with Crippen molar-refractivity contribution in [1.82, 2.24) is 4.57 Å². The average Bonchev–Trinajstić information content (AvgIpc) is 2.48. The highest BCUT2D eigenvalue weighted by Crippen LogP contribution is 2.26.